The molecule has 1 aliphatic carbocycles. The molecule has 2 rings (SSSR count). The van der Waals surface area contributed by atoms with Gasteiger partial charge < -0.3 is 10.6 Å². The highest BCUT2D eigenvalue weighted by Crippen LogP contribution is 2.19. The van der Waals surface area contributed by atoms with E-state index in [2.05, 4.69) is 42.7 Å². The number of hydrogen-bond acceptors (Lipinski definition) is 2. The molecule has 1 aromatic rings. The summed E-state index contributed by atoms with van der Waals surface area (Å²) >= 11 is 0. The SMILES string of the molecule is CC(C)c1ccc(NCC(=O)NCCC2=CCCCC2)cc1. The van der Waals surface area contributed by atoms with Crippen molar-refractivity contribution in [1.29, 1.82) is 0 Å². The molecular formula is C19H28N2O. The Kier molecular flexibility index (Phi) is 6.50. The van der Waals surface area contributed by atoms with E-state index in [1.54, 1.807) is 0 Å². The lowest BCUT2D eigenvalue weighted by atomic mass is 9.97. The van der Waals surface area contributed by atoms with Crippen molar-refractivity contribution >= 4 is 11.6 Å². The van der Waals surface area contributed by atoms with Crippen molar-refractivity contribution in [2.45, 2.75) is 51.9 Å². The Morgan fingerprint density at radius 2 is 1.95 bits per heavy atom. The van der Waals surface area contributed by atoms with Crippen LogP contribution in [-0.2, 0) is 4.79 Å². The van der Waals surface area contributed by atoms with Crippen molar-refractivity contribution < 1.29 is 4.79 Å². The lowest BCUT2D eigenvalue weighted by Crippen LogP contribution is -2.30. The fourth-order valence-electron chi connectivity index (χ4n) is 2.72. The van der Waals surface area contributed by atoms with E-state index in [1.165, 1.54) is 36.8 Å². The number of carbonyl (C=O) groups is 1. The van der Waals surface area contributed by atoms with Crippen LogP contribution >= 0.6 is 0 Å². The summed E-state index contributed by atoms with van der Waals surface area (Å²) in [7, 11) is 0. The Hall–Kier alpha value is -1.77. The molecular weight excluding hydrogens is 272 g/mol. The molecule has 2 N–H and O–H groups in total. The molecule has 120 valence electrons. The van der Waals surface area contributed by atoms with Crippen LogP contribution in [-0.4, -0.2) is 19.0 Å². The molecule has 3 nitrogen and oxygen atoms in total. The minimum Gasteiger partial charge on any atom is -0.376 e. The van der Waals surface area contributed by atoms with E-state index in [1.807, 2.05) is 12.1 Å². The Labute approximate surface area is 134 Å². The summed E-state index contributed by atoms with van der Waals surface area (Å²) in [5.74, 6) is 0.593. The summed E-state index contributed by atoms with van der Waals surface area (Å²) in [6.07, 6.45) is 8.36. The molecule has 0 saturated heterocycles. The van der Waals surface area contributed by atoms with Gasteiger partial charge in [-0.3, -0.25) is 4.79 Å². The minimum absolute atomic E-state index is 0.0596. The number of nitrogens with one attached hydrogen (secondary N) is 2. The van der Waals surface area contributed by atoms with E-state index in [0.29, 0.717) is 12.5 Å². The van der Waals surface area contributed by atoms with Gasteiger partial charge in [0, 0.05) is 12.2 Å². The maximum Gasteiger partial charge on any atom is 0.239 e. The van der Waals surface area contributed by atoms with E-state index in [9.17, 15) is 4.79 Å². The number of hydrogen-bond donors (Lipinski definition) is 2. The number of anilines is 1. The van der Waals surface area contributed by atoms with Gasteiger partial charge in [0.1, 0.15) is 0 Å². The van der Waals surface area contributed by atoms with Gasteiger partial charge in [0.05, 0.1) is 6.54 Å². The largest absolute Gasteiger partial charge is 0.376 e. The second-order valence-electron chi connectivity index (χ2n) is 6.34. The van der Waals surface area contributed by atoms with Crippen molar-refractivity contribution in [2.75, 3.05) is 18.4 Å². The molecule has 0 saturated carbocycles. The molecule has 0 atom stereocenters. The third kappa shape index (κ3) is 5.55. The van der Waals surface area contributed by atoms with E-state index < -0.39 is 0 Å². The minimum atomic E-state index is 0.0596. The molecule has 1 amide bonds. The average molecular weight is 300 g/mol. The van der Waals surface area contributed by atoms with E-state index in [-0.39, 0.29) is 5.91 Å². The van der Waals surface area contributed by atoms with Crippen LogP contribution in [0, 0.1) is 0 Å². The molecule has 0 fully saturated rings. The van der Waals surface area contributed by atoms with Crippen molar-refractivity contribution in [3.8, 4) is 0 Å². The molecule has 0 heterocycles. The summed E-state index contributed by atoms with van der Waals surface area (Å²) in [4.78, 5) is 11.8. The topological polar surface area (TPSA) is 41.1 Å². The Morgan fingerprint density at radius 1 is 1.18 bits per heavy atom. The first-order valence-corrected chi connectivity index (χ1v) is 8.43. The monoisotopic (exact) mass is 300 g/mol. The number of carbonyl (C=O) groups excluding carboxylic acids is 1. The average Bonchev–Trinajstić information content (AvgIpc) is 2.54. The van der Waals surface area contributed by atoms with Crippen molar-refractivity contribution in [2.24, 2.45) is 0 Å². The molecule has 1 aliphatic rings. The second-order valence-corrected chi connectivity index (χ2v) is 6.34. The van der Waals surface area contributed by atoms with Gasteiger partial charge in [-0.15, -0.1) is 0 Å². The van der Waals surface area contributed by atoms with E-state index >= 15 is 0 Å². The van der Waals surface area contributed by atoms with Gasteiger partial charge in [-0.1, -0.05) is 37.6 Å². The summed E-state index contributed by atoms with van der Waals surface area (Å²) in [5, 5.41) is 6.16. The van der Waals surface area contributed by atoms with Gasteiger partial charge >= 0.3 is 0 Å². The molecule has 0 aromatic heterocycles. The van der Waals surface area contributed by atoms with Crippen LogP contribution in [0.15, 0.2) is 35.9 Å². The van der Waals surface area contributed by atoms with Gasteiger partial charge in [-0.2, -0.15) is 0 Å². The first kappa shape index (κ1) is 16.6. The highest BCUT2D eigenvalue weighted by Gasteiger charge is 2.05. The smallest absolute Gasteiger partial charge is 0.239 e. The summed E-state index contributed by atoms with van der Waals surface area (Å²) in [5.41, 5.74) is 3.81. The fraction of sp³-hybridized carbons (Fsp3) is 0.526. The molecule has 0 bridgehead atoms. The van der Waals surface area contributed by atoms with Crippen LogP contribution in [0.4, 0.5) is 5.69 Å². The van der Waals surface area contributed by atoms with E-state index in [0.717, 1.165) is 18.7 Å². The number of rotatable bonds is 7. The summed E-state index contributed by atoms with van der Waals surface area (Å²) < 4.78 is 0. The van der Waals surface area contributed by atoms with Gasteiger partial charge in [0.25, 0.3) is 0 Å². The molecule has 0 aliphatic heterocycles. The quantitative estimate of drug-likeness (QED) is 0.740. The van der Waals surface area contributed by atoms with Crippen LogP contribution in [0.5, 0.6) is 0 Å². The second kappa shape index (κ2) is 8.62. The van der Waals surface area contributed by atoms with Crippen LogP contribution < -0.4 is 10.6 Å². The standard InChI is InChI=1S/C19H28N2O/c1-15(2)17-8-10-18(11-9-17)21-14-19(22)20-13-12-16-6-4-3-5-7-16/h6,8-11,15,21H,3-5,7,12-14H2,1-2H3,(H,20,22). The van der Waals surface area contributed by atoms with E-state index in [4.69, 9.17) is 0 Å². The van der Waals surface area contributed by atoms with Crippen molar-refractivity contribution in [1.82, 2.24) is 5.32 Å². The predicted molar refractivity (Wildman–Crippen MR) is 93.2 cm³/mol. The van der Waals surface area contributed by atoms with Crippen molar-refractivity contribution in [3.05, 3.63) is 41.5 Å². The highest BCUT2D eigenvalue weighted by atomic mass is 16.1. The van der Waals surface area contributed by atoms with Crippen LogP contribution in [0.25, 0.3) is 0 Å². The summed E-state index contributed by atoms with van der Waals surface area (Å²) in [6, 6.07) is 8.30. The van der Waals surface area contributed by atoms with Crippen LogP contribution in [0.2, 0.25) is 0 Å². The first-order valence-electron chi connectivity index (χ1n) is 8.43. The number of benzene rings is 1. The normalized spacial score (nSPS) is 14.6. The molecule has 0 radical (unpaired) electrons. The first-order chi connectivity index (χ1) is 10.6. The third-order valence-corrected chi connectivity index (χ3v) is 4.18. The molecule has 1 aromatic carbocycles. The van der Waals surface area contributed by atoms with Gasteiger partial charge in [0.2, 0.25) is 5.91 Å². The Balaban J connectivity index is 1.65. The van der Waals surface area contributed by atoms with Crippen molar-refractivity contribution in [3.63, 3.8) is 0 Å². The lowest BCUT2D eigenvalue weighted by Gasteiger charge is -2.13. The fourth-order valence-corrected chi connectivity index (χ4v) is 2.72. The van der Waals surface area contributed by atoms with Gasteiger partial charge in [0.15, 0.2) is 0 Å². The number of allylic oxidation sites excluding steroid dienone is 1. The Morgan fingerprint density at radius 3 is 2.59 bits per heavy atom. The lowest BCUT2D eigenvalue weighted by molar-refractivity contribution is -0.119. The van der Waals surface area contributed by atoms with Crippen LogP contribution in [0.1, 0.15) is 57.4 Å². The van der Waals surface area contributed by atoms with Gasteiger partial charge in [-0.05, 0) is 55.7 Å². The Bertz CT molecular complexity index is 503. The predicted octanol–water partition coefficient (Wildman–Crippen LogP) is 4.23. The zero-order chi connectivity index (χ0) is 15.8. The molecule has 22 heavy (non-hydrogen) atoms. The highest BCUT2D eigenvalue weighted by molar-refractivity contribution is 5.80. The zero-order valence-electron chi connectivity index (χ0n) is 13.8. The summed E-state index contributed by atoms with van der Waals surface area (Å²) in [6.45, 7) is 5.44. The molecule has 3 heteroatoms. The van der Waals surface area contributed by atoms with Crippen LogP contribution in [0.3, 0.4) is 0 Å². The number of amides is 1. The molecule has 0 unspecified atom stereocenters. The third-order valence-electron chi connectivity index (χ3n) is 4.18. The zero-order valence-corrected chi connectivity index (χ0v) is 13.8. The van der Waals surface area contributed by atoms with Gasteiger partial charge in [-0.25, -0.2) is 0 Å². The maximum absolute atomic E-state index is 11.8. The molecule has 0 spiro atoms. The maximum atomic E-state index is 11.8.